The molecule has 2 aromatic rings. The minimum atomic E-state index is -3.31. The summed E-state index contributed by atoms with van der Waals surface area (Å²) in [5, 5.41) is 1.14. The highest BCUT2D eigenvalue weighted by Crippen LogP contribution is 2.24. The molecule has 25 heavy (non-hydrogen) atoms. The highest BCUT2D eigenvalue weighted by molar-refractivity contribution is 7.94. The van der Waals surface area contributed by atoms with E-state index in [2.05, 4.69) is 0 Å². The SMILES string of the molecule is O=C(CCc1ccccc1)N(c1ccc(F)cc1)[C@@H]1C=CS(=O)(=O)C1. The first-order chi connectivity index (χ1) is 11.9. The van der Waals surface area contributed by atoms with E-state index in [1.807, 2.05) is 30.3 Å². The Balaban J connectivity index is 1.82. The van der Waals surface area contributed by atoms with Crippen LogP contribution in [0, 0.1) is 5.82 Å². The molecule has 1 atom stereocenters. The molecule has 0 aliphatic carbocycles. The fourth-order valence-electron chi connectivity index (χ4n) is 2.86. The highest BCUT2D eigenvalue weighted by atomic mass is 32.2. The summed E-state index contributed by atoms with van der Waals surface area (Å²) < 4.78 is 36.7. The van der Waals surface area contributed by atoms with Crippen molar-refractivity contribution in [2.75, 3.05) is 10.7 Å². The minimum absolute atomic E-state index is 0.151. The van der Waals surface area contributed by atoms with Crippen LogP contribution in [-0.2, 0) is 21.1 Å². The van der Waals surface area contributed by atoms with Crippen LogP contribution in [0.4, 0.5) is 10.1 Å². The zero-order valence-electron chi connectivity index (χ0n) is 13.5. The van der Waals surface area contributed by atoms with Crippen molar-refractivity contribution in [3.63, 3.8) is 0 Å². The predicted molar refractivity (Wildman–Crippen MR) is 95.4 cm³/mol. The number of carbonyl (C=O) groups is 1. The van der Waals surface area contributed by atoms with Crippen molar-refractivity contribution in [2.24, 2.45) is 0 Å². The van der Waals surface area contributed by atoms with E-state index in [0.29, 0.717) is 12.1 Å². The fourth-order valence-corrected chi connectivity index (χ4v) is 4.13. The second kappa shape index (κ2) is 7.19. The van der Waals surface area contributed by atoms with Crippen LogP contribution < -0.4 is 4.90 Å². The van der Waals surface area contributed by atoms with Crippen LogP contribution in [0.1, 0.15) is 12.0 Å². The van der Waals surface area contributed by atoms with Crippen LogP contribution in [0.3, 0.4) is 0 Å². The highest BCUT2D eigenvalue weighted by Gasteiger charge is 2.31. The molecule has 1 heterocycles. The van der Waals surface area contributed by atoms with E-state index < -0.39 is 21.7 Å². The van der Waals surface area contributed by atoms with Gasteiger partial charge < -0.3 is 4.90 Å². The third-order valence-electron chi connectivity index (χ3n) is 4.09. The van der Waals surface area contributed by atoms with Gasteiger partial charge in [-0.05, 0) is 42.3 Å². The second-order valence-electron chi connectivity index (χ2n) is 5.95. The molecular weight excluding hydrogens is 341 g/mol. The van der Waals surface area contributed by atoms with Gasteiger partial charge in [0.05, 0.1) is 11.8 Å². The van der Waals surface area contributed by atoms with Gasteiger partial charge in [-0.25, -0.2) is 12.8 Å². The van der Waals surface area contributed by atoms with E-state index in [9.17, 15) is 17.6 Å². The average molecular weight is 359 g/mol. The zero-order valence-corrected chi connectivity index (χ0v) is 14.3. The van der Waals surface area contributed by atoms with Crippen LogP contribution in [-0.4, -0.2) is 26.1 Å². The predicted octanol–water partition coefficient (Wildman–Crippen LogP) is 3.10. The van der Waals surface area contributed by atoms with E-state index in [-0.39, 0.29) is 18.1 Å². The summed E-state index contributed by atoms with van der Waals surface area (Å²) in [6.07, 6.45) is 2.31. The molecule has 3 rings (SSSR count). The quantitative estimate of drug-likeness (QED) is 0.824. The van der Waals surface area contributed by atoms with Gasteiger partial charge in [-0.15, -0.1) is 0 Å². The van der Waals surface area contributed by atoms with Gasteiger partial charge in [0, 0.05) is 17.5 Å². The Morgan fingerprint density at radius 2 is 1.76 bits per heavy atom. The lowest BCUT2D eigenvalue weighted by Crippen LogP contribution is -2.41. The van der Waals surface area contributed by atoms with E-state index in [4.69, 9.17) is 0 Å². The van der Waals surface area contributed by atoms with Crippen molar-refractivity contribution in [1.82, 2.24) is 0 Å². The van der Waals surface area contributed by atoms with Crippen molar-refractivity contribution in [3.05, 3.63) is 77.5 Å². The minimum Gasteiger partial charge on any atom is -0.304 e. The standard InChI is InChI=1S/C19H18FNO3S/c20-16-7-9-17(10-8-16)21(18-12-13-25(23,24)14-18)19(22)11-6-15-4-2-1-3-5-15/h1-5,7-10,12-13,18H,6,11,14H2/t18-/m1/s1. The molecule has 1 aliphatic rings. The molecule has 1 amide bonds. The first-order valence-electron chi connectivity index (χ1n) is 7.97. The van der Waals surface area contributed by atoms with Gasteiger partial charge in [0.1, 0.15) is 5.82 Å². The molecule has 1 aliphatic heterocycles. The summed E-state index contributed by atoms with van der Waals surface area (Å²) in [5.41, 5.74) is 1.52. The Bertz CT molecular complexity index is 877. The van der Waals surface area contributed by atoms with Crippen molar-refractivity contribution in [3.8, 4) is 0 Å². The van der Waals surface area contributed by atoms with Crippen molar-refractivity contribution in [2.45, 2.75) is 18.9 Å². The van der Waals surface area contributed by atoms with Crippen molar-refractivity contribution in [1.29, 1.82) is 0 Å². The molecule has 0 saturated carbocycles. The fraction of sp³-hybridized carbons (Fsp3) is 0.211. The maximum absolute atomic E-state index is 13.2. The number of rotatable bonds is 5. The lowest BCUT2D eigenvalue weighted by Gasteiger charge is -2.28. The number of aryl methyl sites for hydroxylation is 1. The monoisotopic (exact) mass is 359 g/mol. The largest absolute Gasteiger partial charge is 0.304 e. The first kappa shape index (κ1) is 17.4. The van der Waals surface area contributed by atoms with Gasteiger partial charge in [0.2, 0.25) is 5.91 Å². The molecule has 4 nitrogen and oxygen atoms in total. The van der Waals surface area contributed by atoms with Gasteiger partial charge in [-0.1, -0.05) is 30.3 Å². The summed E-state index contributed by atoms with van der Waals surface area (Å²) in [5.74, 6) is -0.751. The molecule has 0 saturated heterocycles. The summed E-state index contributed by atoms with van der Waals surface area (Å²) in [6.45, 7) is 0. The van der Waals surface area contributed by atoms with Crippen LogP contribution in [0.15, 0.2) is 66.1 Å². The number of benzene rings is 2. The number of carbonyl (C=O) groups excluding carboxylic acids is 1. The van der Waals surface area contributed by atoms with E-state index in [1.54, 1.807) is 0 Å². The van der Waals surface area contributed by atoms with Gasteiger partial charge in [0.15, 0.2) is 9.84 Å². The molecular formula is C19H18FNO3S. The topological polar surface area (TPSA) is 54.5 Å². The molecule has 0 N–H and O–H groups in total. The molecule has 0 unspecified atom stereocenters. The van der Waals surface area contributed by atoms with Crippen molar-refractivity contribution >= 4 is 21.4 Å². The number of anilines is 1. The average Bonchev–Trinajstić information content (AvgIpc) is 2.95. The number of hydrogen-bond donors (Lipinski definition) is 0. The van der Waals surface area contributed by atoms with E-state index >= 15 is 0 Å². The van der Waals surface area contributed by atoms with Crippen molar-refractivity contribution < 1.29 is 17.6 Å². The van der Waals surface area contributed by atoms with Gasteiger partial charge in [0.25, 0.3) is 0 Å². The lowest BCUT2D eigenvalue weighted by molar-refractivity contribution is -0.118. The molecule has 130 valence electrons. The van der Waals surface area contributed by atoms with Crippen LogP contribution >= 0.6 is 0 Å². The van der Waals surface area contributed by atoms with Gasteiger partial charge in [-0.2, -0.15) is 0 Å². The molecule has 0 aromatic heterocycles. The van der Waals surface area contributed by atoms with Crippen LogP contribution in [0.5, 0.6) is 0 Å². The van der Waals surface area contributed by atoms with E-state index in [0.717, 1.165) is 11.0 Å². The number of nitrogens with zero attached hydrogens (tertiary/aromatic N) is 1. The maximum Gasteiger partial charge on any atom is 0.227 e. The third kappa shape index (κ3) is 4.33. The smallest absolute Gasteiger partial charge is 0.227 e. The van der Waals surface area contributed by atoms with E-state index in [1.165, 1.54) is 35.2 Å². The summed E-state index contributed by atoms with van der Waals surface area (Å²) in [4.78, 5) is 14.3. The molecule has 6 heteroatoms. The number of amides is 1. The molecule has 0 fully saturated rings. The molecule has 0 radical (unpaired) electrons. The third-order valence-corrected chi connectivity index (χ3v) is 5.46. The summed E-state index contributed by atoms with van der Waals surface area (Å²) >= 11 is 0. The Morgan fingerprint density at radius 1 is 1.08 bits per heavy atom. The first-order valence-corrected chi connectivity index (χ1v) is 9.69. The van der Waals surface area contributed by atoms with Gasteiger partial charge in [-0.3, -0.25) is 4.79 Å². The molecule has 0 spiro atoms. The Kier molecular flexibility index (Phi) is 4.99. The Hall–Kier alpha value is -2.47. The van der Waals surface area contributed by atoms with Crippen LogP contribution in [0.25, 0.3) is 0 Å². The molecule has 0 bridgehead atoms. The Labute approximate surface area is 146 Å². The number of hydrogen-bond acceptors (Lipinski definition) is 3. The lowest BCUT2D eigenvalue weighted by atomic mass is 10.1. The maximum atomic E-state index is 13.2. The number of halogens is 1. The normalized spacial score (nSPS) is 18.2. The number of sulfone groups is 1. The van der Waals surface area contributed by atoms with Crippen LogP contribution in [0.2, 0.25) is 0 Å². The van der Waals surface area contributed by atoms with Gasteiger partial charge >= 0.3 is 0 Å². The summed E-state index contributed by atoms with van der Waals surface area (Å²) in [7, 11) is -3.31. The Morgan fingerprint density at radius 3 is 2.36 bits per heavy atom. The molecule has 2 aromatic carbocycles. The zero-order chi connectivity index (χ0) is 17.9. The second-order valence-corrected chi connectivity index (χ2v) is 7.88. The summed E-state index contributed by atoms with van der Waals surface area (Å²) in [6, 6.07) is 14.5.